The molecule has 1 aliphatic rings. The molecule has 0 spiro atoms. The maximum absolute atomic E-state index is 12.6. The minimum Gasteiger partial charge on any atom is -0.484 e. The van der Waals surface area contributed by atoms with Crippen LogP contribution in [0.4, 0.5) is 5.00 Å². The Kier molecular flexibility index (Phi) is 8.12. The molecular formula is C25H29N3O5S2. The molecule has 1 amide bonds. The third-order valence-electron chi connectivity index (χ3n) is 5.57. The summed E-state index contributed by atoms with van der Waals surface area (Å²) < 4.78 is 16.8. The molecule has 4 rings (SSSR count). The first-order valence-corrected chi connectivity index (χ1v) is 13.5. The topological polar surface area (TPSA) is 104 Å². The highest BCUT2D eigenvalue weighted by Gasteiger charge is 2.28. The predicted octanol–water partition coefficient (Wildman–Crippen LogP) is 5.54. The molecule has 8 nitrogen and oxygen atoms in total. The zero-order valence-corrected chi connectivity index (χ0v) is 21.9. The van der Waals surface area contributed by atoms with Crippen molar-refractivity contribution >= 4 is 40.0 Å². The van der Waals surface area contributed by atoms with Crippen LogP contribution in [-0.4, -0.2) is 34.4 Å². The fourth-order valence-electron chi connectivity index (χ4n) is 3.94. The van der Waals surface area contributed by atoms with Gasteiger partial charge in [0.1, 0.15) is 10.8 Å². The van der Waals surface area contributed by atoms with Crippen LogP contribution in [0.1, 0.15) is 70.9 Å². The monoisotopic (exact) mass is 515 g/mol. The molecule has 1 N–H and O–H groups in total. The van der Waals surface area contributed by atoms with Crippen molar-refractivity contribution < 1.29 is 23.5 Å². The minimum absolute atomic E-state index is 0.0721. The maximum atomic E-state index is 12.6. The molecule has 2 heterocycles. The van der Waals surface area contributed by atoms with Crippen LogP contribution in [0, 0.1) is 6.92 Å². The van der Waals surface area contributed by atoms with Gasteiger partial charge in [-0.15, -0.1) is 21.5 Å². The molecule has 0 fully saturated rings. The second-order valence-corrected chi connectivity index (χ2v) is 10.6. The van der Waals surface area contributed by atoms with Crippen LogP contribution in [0.25, 0.3) is 0 Å². The number of nitrogens with one attached hydrogen (secondary N) is 1. The van der Waals surface area contributed by atoms with E-state index in [2.05, 4.69) is 41.5 Å². The Hall–Kier alpha value is -2.85. The Morgan fingerprint density at radius 3 is 2.86 bits per heavy atom. The zero-order valence-electron chi connectivity index (χ0n) is 20.3. The Labute approximate surface area is 212 Å². The maximum Gasteiger partial charge on any atom is 0.341 e. The first-order chi connectivity index (χ1) is 16.9. The second kappa shape index (κ2) is 11.3. The smallest absolute Gasteiger partial charge is 0.341 e. The number of esters is 1. The number of nitrogens with zero attached hydrogens (tertiary/aromatic N) is 2. The summed E-state index contributed by atoms with van der Waals surface area (Å²) in [7, 11) is 0. The number of ether oxygens (including phenoxy) is 2. The average Bonchev–Trinajstić information content (AvgIpc) is 3.52. The zero-order chi connectivity index (χ0) is 24.9. The van der Waals surface area contributed by atoms with E-state index in [0.29, 0.717) is 29.0 Å². The molecule has 3 aromatic rings. The number of aromatic nitrogens is 2. The van der Waals surface area contributed by atoms with Gasteiger partial charge < -0.3 is 19.2 Å². The van der Waals surface area contributed by atoms with Crippen molar-refractivity contribution in [2.24, 2.45) is 0 Å². The normalized spacial score (nSPS) is 12.6. The van der Waals surface area contributed by atoms with Gasteiger partial charge in [0, 0.05) is 4.88 Å². The molecule has 0 aliphatic heterocycles. The standard InChI is InChI=1S/C25H29N3O5S2/c1-5-31-24(30)22-17-7-6-8-19(17)35-23(22)26-20(29)13-34-25-28-27-21(33-25)12-32-18-11-15(4)9-10-16(18)14(2)3/h9-11,14H,5-8,12-13H2,1-4H3,(H,26,29). The molecule has 0 saturated heterocycles. The molecule has 1 aliphatic carbocycles. The highest BCUT2D eigenvalue weighted by atomic mass is 32.2. The average molecular weight is 516 g/mol. The van der Waals surface area contributed by atoms with E-state index in [-0.39, 0.29) is 29.5 Å². The van der Waals surface area contributed by atoms with E-state index in [0.717, 1.165) is 58.3 Å². The summed E-state index contributed by atoms with van der Waals surface area (Å²) in [6.45, 7) is 8.45. The lowest BCUT2D eigenvalue weighted by Gasteiger charge is -2.13. The van der Waals surface area contributed by atoms with E-state index in [1.54, 1.807) is 6.92 Å². The van der Waals surface area contributed by atoms with Crippen molar-refractivity contribution in [3.63, 3.8) is 0 Å². The lowest BCUT2D eigenvalue weighted by molar-refractivity contribution is -0.113. The minimum atomic E-state index is -0.384. The summed E-state index contributed by atoms with van der Waals surface area (Å²) in [6, 6.07) is 6.13. The van der Waals surface area contributed by atoms with Crippen LogP contribution in [0.2, 0.25) is 0 Å². The van der Waals surface area contributed by atoms with Crippen LogP contribution in [0.5, 0.6) is 5.75 Å². The quantitative estimate of drug-likeness (QED) is 0.277. The van der Waals surface area contributed by atoms with Gasteiger partial charge in [-0.05, 0) is 61.8 Å². The van der Waals surface area contributed by atoms with E-state index in [4.69, 9.17) is 13.9 Å². The molecule has 0 atom stereocenters. The fraction of sp³-hybridized carbons (Fsp3) is 0.440. The fourth-order valence-corrected chi connectivity index (χ4v) is 5.81. The molecule has 10 heteroatoms. The van der Waals surface area contributed by atoms with Gasteiger partial charge in [-0.3, -0.25) is 4.79 Å². The van der Waals surface area contributed by atoms with Crippen molar-refractivity contribution in [1.29, 1.82) is 0 Å². The molecular weight excluding hydrogens is 486 g/mol. The Morgan fingerprint density at radius 2 is 2.09 bits per heavy atom. The lowest BCUT2D eigenvalue weighted by atomic mass is 10.0. The molecule has 186 valence electrons. The molecule has 2 aromatic heterocycles. The summed E-state index contributed by atoms with van der Waals surface area (Å²) in [5.74, 6) is 0.897. The van der Waals surface area contributed by atoms with E-state index < -0.39 is 0 Å². The number of fused-ring (bicyclic) bond motifs is 1. The van der Waals surface area contributed by atoms with Gasteiger partial charge in [-0.1, -0.05) is 37.7 Å². The van der Waals surface area contributed by atoms with Crippen LogP contribution < -0.4 is 10.1 Å². The molecule has 0 radical (unpaired) electrons. The van der Waals surface area contributed by atoms with Gasteiger partial charge in [0.25, 0.3) is 11.1 Å². The number of anilines is 1. The van der Waals surface area contributed by atoms with Gasteiger partial charge in [0.05, 0.1) is 17.9 Å². The number of carbonyl (C=O) groups excluding carboxylic acids is 2. The Morgan fingerprint density at radius 1 is 1.26 bits per heavy atom. The Bertz CT molecular complexity index is 1220. The van der Waals surface area contributed by atoms with Crippen molar-refractivity contribution in [3.8, 4) is 5.75 Å². The number of thiophene rings is 1. The van der Waals surface area contributed by atoms with Crippen molar-refractivity contribution in [2.45, 2.75) is 64.7 Å². The third kappa shape index (κ3) is 6.05. The number of benzene rings is 1. The third-order valence-corrected chi connectivity index (χ3v) is 7.60. The summed E-state index contributed by atoms with van der Waals surface area (Å²) in [5.41, 5.74) is 3.73. The van der Waals surface area contributed by atoms with Crippen molar-refractivity contribution in [3.05, 3.63) is 51.2 Å². The first kappa shape index (κ1) is 25.2. The largest absolute Gasteiger partial charge is 0.484 e. The predicted molar refractivity (Wildman–Crippen MR) is 136 cm³/mol. The molecule has 0 bridgehead atoms. The highest BCUT2D eigenvalue weighted by molar-refractivity contribution is 7.99. The molecule has 1 aromatic carbocycles. The summed E-state index contributed by atoms with van der Waals surface area (Å²) in [4.78, 5) is 26.2. The van der Waals surface area contributed by atoms with Gasteiger partial charge >= 0.3 is 5.97 Å². The molecule has 0 saturated carbocycles. The van der Waals surface area contributed by atoms with Crippen LogP contribution in [0.15, 0.2) is 27.8 Å². The van der Waals surface area contributed by atoms with Crippen LogP contribution >= 0.6 is 23.1 Å². The van der Waals surface area contributed by atoms with Gasteiger partial charge in [-0.25, -0.2) is 4.79 Å². The van der Waals surface area contributed by atoms with E-state index in [1.807, 2.05) is 13.0 Å². The number of amides is 1. The van der Waals surface area contributed by atoms with E-state index >= 15 is 0 Å². The summed E-state index contributed by atoms with van der Waals surface area (Å²) >= 11 is 2.59. The van der Waals surface area contributed by atoms with Gasteiger partial charge in [0.2, 0.25) is 5.91 Å². The summed E-state index contributed by atoms with van der Waals surface area (Å²) in [6.07, 6.45) is 2.77. The van der Waals surface area contributed by atoms with E-state index in [9.17, 15) is 9.59 Å². The number of carbonyl (C=O) groups is 2. The first-order valence-electron chi connectivity index (χ1n) is 11.7. The van der Waals surface area contributed by atoms with Gasteiger partial charge in [0.15, 0.2) is 6.61 Å². The van der Waals surface area contributed by atoms with Crippen LogP contribution in [-0.2, 0) is 29.0 Å². The van der Waals surface area contributed by atoms with Crippen molar-refractivity contribution in [2.75, 3.05) is 17.7 Å². The van der Waals surface area contributed by atoms with Gasteiger partial charge in [-0.2, -0.15) is 0 Å². The molecule has 0 unspecified atom stereocenters. The summed E-state index contributed by atoms with van der Waals surface area (Å²) in [5, 5.41) is 11.7. The SMILES string of the molecule is CCOC(=O)c1c(NC(=O)CSc2nnc(COc3cc(C)ccc3C(C)C)o2)sc2c1CCC2. The number of aryl methyl sites for hydroxylation is 2. The number of hydrogen-bond donors (Lipinski definition) is 1. The van der Waals surface area contributed by atoms with Crippen LogP contribution in [0.3, 0.4) is 0 Å². The number of thioether (sulfide) groups is 1. The highest BCUT2D eigenvalue weighted by Crippen LogP contribution is 2.39. The van der Waals surface area contributed by atoms with E-state index in [1.165, 1.54) is 11.3 Å². The van der Waals surface area contributed by atoms with Crippen molar-refractivity contribution in [1.82, 2.24) is 10.2 Å². The Balaban J connectivity index is 1.33. The number of hydrogen-bond acceptors (Lipinski definition) is 9. The second-order valence-electron chi connectivity index (χ2n) is 8.57. The molecule has 35 heavy (non-hydrogen) atoms. The lowest BCUT2D eigenvalue weighted by Crippen LogP contribution is -2.16. The number of rotatable bonds is 10.